The Kier molecular flexibility index (Phi) is 4.91. The first kappa shape index (κ1) is 15.9. The molecule has 23 heavy (non-hydrogen) atoms. The third kappa shape index (κ3) is 3.70. The molecule has 2 heterocycles. The molecule has 0 bridgehead atoms. The molecule has 1 aliphatic rings. The van der Waals surface area contributed by atoms with Gasteiger partial charge in [0.25, 0.3) is 0 Å². The average molecular weight is 310 g/mol. The van der Waals surface area contributed by atoms with Crippen LogP contribution in [0.4, 0.5) is 5.82 Å². The third-order valence-corrected chi connectivity index (χ3v) is 4.59. The van der Waals surface area contributed by atoms with Crippen molar-refractivity contribution in [2.75, 3.05) is 24.5 Å². The molecule has 0 aliphatic carbocycles. The van der Waals surface area contributed by atoms with Gasteiger partial charge in [-0.3, -0.25) is 0 Å². The van der Waals surface area contributed by atoms with Crippen LogP contribution in [0.15, 0.2) is 36.4 Å². The molecular weight excluding hydrogens is 284 g/mol. The quantitative estimate of drug-likeness (QED) is 0.940. The van der Waals surface area contributed by atoms with E-state index in [0.717, 1.165) is 55.4 Å². The first-order chi connectivity index (χ1) is 11.2. The van der Waals surface area contributed by atoms with Crippen molar-refractivity contribution < 1.29 is 0 Å². The monoisotopic (exact) mass is 310 g/mol. The Balaban J connectivity index is 1.92. The highest BCUT2D eigenvalue weighted by molar-refractivity contribution is 5.63. The van der Waals surface area contributed by atoms with Crippen molar-refractivity contribution in [1.82, 2.24) is 9.97 Å². The zero-order valence-electron chi connectivity index (χ0n) is 14.1. The van der Waals surface area contributed by atoms with Gasteiger partial charge >= 0.3 is 0 Å². The molecule has 2 aromatic rings. The second-order valence-electron chi connectivity index (χ2n) is 6.66. The lowest BCUT2D eigenvalue weighted by molar-refractivity contribution is 0.412. The van der Waals surface area contributed by atoms with Crippen molar-refractivity contribution in [2.24, 2.45) is 11.7 Å². The molecule has 0 unspecified atom stereocenters. The van der Waals surface area contributed by atoms with Crippen molar-refractivity contribution in [2.45, 2.75) is 32.6 Å². The zero-order valence-corrected chi connectivity index (χ0v) is 14.1. The SMILES string of the molecule is CC(C)c1nc(-c2ccccc2)cc(N2CCC(CN)CC2)n1. The summed E-state index contributed by atoms with van der Waals surface area (Å²) in [4.78, 5) is 12.0. The number of nitrogens with zero attached hydrogens (tertiary/aromatic N) is 3. The molecule has 1 aliphatic heterocycles. The summed E-state index contributed by atoms with van der Waals surface area (Å²) in [5.74, 6) is 2.95. The summed E-state index contributed by atoms with van der Waals surface area (Å²) < 4.78 is 0. The largest absolute Gasteiger partial charge is 0.356 e. The van der Waals surface area contributed by atoms with Crippen LogP contribution in [0.3, 0.4) is 0 Å². The lowest BCUT2D eigenvalue weighted by Crippen LogP contribution is -2.36. The van der Waals surface area contributed by atoms with Crippen LogP contribution in [0.2, 0.25) is 0 Å². The van der Waals surface area contributed by atoms with E-state index in [1.807, 2.05) is 6.07 Å². The predicted molar refractivity (Wildman–Crippen MR) is 95.5 cm³/mol. The first-order valence-electron chi connectivity index (χ1n) is 8.56. The van der Waals surface area contributed by atoms with Crippen LogP contribution in [-0.4, -0.2) is 29.6 Å². The van der Waals surface area contributed by atoms with Gasteiger partial charge in [-0.05, 0) is 25.3 Å². The molecule has 4 nitrogen and oxygen atoms in total. The summed E-state index contributed by atoms with van der Waals surface area (Å²) >= 11 is 0. The predicted octanol–water partition coefficient (Wildman–Crippen LogP) is 3.44. The summed E-state index contributed by atoms with van der Waals surface area (Å²) in [5, 5.41) is 0. The highest BCUT2D eigenvalue weighted by atomic mass is 15.2. The van der Waals surface area contributed by atoms with Crippen LogP contribution in [0.1, 0.15) is 38.4 Å². The van der Waals surface area contributed by atoms with E-state index in [0.29, 0.717) is 11.8 Å². The molecule has 4 heteroatoms. The molecule has 0 radical (unpaired) electrons. The highest BCUT2D eigenvalue weighted by Gasteiger charge is 2.20. The van der Waals surface area contributed by atoms with Crippen molar-refractivity contribution in [3.8, 4) is 11.3 Å². The Bertz CT molecular complexity index is 631. The molecule has 1 aromatic heterocycles. The van der Waals surface area contributed by atoms with Gasteiger partial charge in [0.2, 0.25) is 0 Å². The van der Waals surface area contributed by atoms with Gasteiger partial charge < -0.3 is 10.6 Å². The minimum atomic E-state index is 0.319. The number of hydrogen-bond acceptors (Lipinski definition) is 4. The van der Waals surface area contributed by atoms with Gasteiger partial charge in [0, 0.05) is 30.6 Å². The fourth-order valence-corrected chi connectivity index (χ4v) is 3.03. The van der Waals surface area contributed by atoms with E-state index in [1.54, 1.807) is 0 Å². The van der Waals surface area contributed by atoms with E-state index < -0.39 is 0 Å². The Morgan fingerprint density at radius 2 is 1.83 bits per heavy atom. The maximum atomic E-state index is 5.81. The molecule has 1 fully saturated rings. The second kappa shape index (κ2) is 7.09. The summed E-state index contributed by atoms with van der Waals surface area (Å²) in [6, 6.07) is 12.5. The third-order valence-electron chi connectivity index (χ3n) is 4.59. The van der Waals surface area contributed by atoms with Gasteiger partial charge in [-0.2, -0.15) is 0 Å². The Labute approximate surface area is 138 Å². The van der Waals surface area contributed by atoms with Crippen molar-refractivity contribution in [3.05, 3.63) is 42.2 Å². The minimum Gasteiger partial charge on any atom is -0.356 e. The van der Waals surface area contributed by atoms with Crippen LogP contribution in [0.25, 0.3) is 11.3 Å². The van der Waals surface area contributed by atoms with Gasteiger partial charge in [-0.25, -0.2) is 9.97 Å². The van der Waals surface area contributed by atoms with Crippen molar-refractivity contribution in [3.63, 3.8) is 0 Å². The van der Waals surface area contributed by atoms with E-state index in [-0.39, 0.29) is 0 Å². The van der Waals surface area contributed by atoms with E-state index in [9.17, 15) is 0 Å². The average Bonchev–Trinajstić information content (AvgIpc) is 2.62. The van der Waals surface area contributed by atoms with E-state index >= 15 is 0 Å². The van der Waals surface area contributed by atoms with Gasteiger partial charge in [0.15, 0.2) is 0 Å². The van der Waals surface area contributed by atoms with E-state index in [1.165, 1.54) is 0 Å². The zero-order chi connectivity index (χ0) is 16.2. The van der Waals surface area contributed by atoms with Gasteiger partial charge in [-0.15, -0.1) is 0 Å². The Morgan fingerprint density at radius 1 is 1.13 bits per heavy atom. The normalized spacial score (nSPS) is 16.1. The van der Waals surface area contributed by atoms with Crippen molar-refractivity contribution >= 4 is 5.82 Å². The molecule has 0 amide bonds. The molecule has 1 aromatic carbocycles. The number of nitrogens with two attached hydrogens (primary N) is 1. The molecule has 1 saturated heterocycles. The number of piperidine rings is 1. The second-order valence-corrected chi connectivity index (χ2v) is 6.66. The number of rotatable bonds is 4. The van der Waals surface area contributed by atoms with Gasteiger partial charge in [0.05, 0.1) is 5.69 Å². The van der Waals surface area contributed by atoms with E-state index in [2.05, 4.69) is 49.1 Å². The molecule has 0 saturated carbocycles. The topological polar surface area (TPSA) is 55.0 Å². The minimum absolute atomic E-state index is 0.319. The van der Waals surface area contributed by atoms with Crippen LogP contribution in [0.5, 0.6) is 0 Å². The maximum absolute atomic E-state index is 5.81. The Morgan fingerprint density at radius 3 is 2.43 bits per heavy atom. The maximum Gasteiger partial charge on any atom is 0.133 e. The van der Waals surface area contributed by atoms with Crippen LogP contribution in [-0.2, 0) is 0 Å². The molecule has 0 atom stereocenters. The standard InChI is InChI=1S/C19H26N4/c1-14(2)19-21-17(16-6-4-3-5-7-16)12-18(22-19)23-10-8-15(13-20)9-11-23/h3-7,12,14-15H,8-11,13,20H2,1-2H3. The smallest absolute Gasteiger partial charge is 0.133 e. The molecule has 0 spiro atoms. The molecule has 2 N–H and O–H groups in total. The highest BCUT2D eigenvalue weighted by Crippen LogP contribution is 2.27. The lowest BCUT2D eigenvalue weighted by Gasteiger charge is -2.32. The van der Waals surface area contributed by atoms with Crippen molar-refractivity contribution in [1.29, 1.82) is 0 Å². The summed E-state index contributed by atoms with van der Waals surface area (Å²) in [6.45, 7) is 7.16. The lowest BCUT2D eigenvalue weighted by atomic mass is 9.97. The number of aromatic nitrogens is 2. The molecular formula is C19H26N4. The van der Waals surface area contributed by atoms with Crippen LogP contribution in [0, 0.1) is 5.92 Å². The summed E-state index contributed by atoms with van der Waals surface area (Å²) in [6.07, 6.45) is 2.30. The molecule has 122 valence electrons. The Hall–Kier alpha value is -1.94. The molecule has 3 rings (SSSR count). The number of anilines is 1. The fourth-order valence-electron chi connectivity index (χ4n) is 3.03. The van der Waals surface area contributed by atoms with Crippen LogP contribution < -0.4 is 10.6 Å². The van der Waals surface area contributed by atoms with Crippen LogP contribution >= 0.6 is 0 Å². The fraction of sp³-hybridized carbons (Fsp3) is 0.474. The summed E-state index contributed by atoms with van der Waals surface area (Å²) in [7, 11) is 0. The number of hydrogen-bond donors (Lipinski definition) is 1. The number of benzene rings is 1. The summed E-state index contributed by atoms with van der Waals surface area (Å²) in [5.41, 5.74) is 7.97. The van der Waals surface area contributed by atoms with E-state index in [4.69, 9.17) is 15.7 Å². The van der Waals surface area contributed by atoms with Gasteiger partial charge in [0.1, 0.15) is 11.6 Å². The first-order valence-corrected chi connectivity index (χ1v) is 8.56. The van der Waals surface area contributed by atoms with Gasteiger partial charge in [-0.1, -0.05) is 44.2 Å².